The Balaban J connectivity index is 1.90. The highest BCUT2D eigenvalue weighted by molar-refractivity contribution is 9.10. The number of hydrogen-bond donors (Lipinski definition) is 2. The molecule has 2 aliphatic heterocycles. The maximum Gasteiger partial charge on any atom is 0.327 e. The number of rotatable bonds is 4. The number of halogens is 1. The van der Waals surface area contributed by atoms with Crippen molar-refractivity contribution in [2.75, 3.05) is 0 Å². The molecule has 1 amide bonds. The highest BCUT2D eigenvalue weighted by atomic mass is 79.9. The number of aliphatic hydroxyl groups excluding tert-OH is 1. The molecule has 0 spiro atoms. The van der Waals surface area contributed by atoms with E-state index in [4.69, 9.17) is 0 Å². The second kappa shape index (κ2) is 5.82. The Labute approximate surface area is 157 Å². The number of benzene rings is 1. The number of ketones is 1. The smallest absolute Gasteiger partial charge is 0.327 e. The van der Waals surface area contributed by atoms with E-state index in [1.165, 1.54) is 16.7 Å². The average Bonchev–Trinajstić information content (AvgIpc) is 2.82. The van der Waals surface area contributed by atoms with Crippen molar-refractivity contribution in [1.29, 1.82) is 0 Å². The fourth-order valence-electron chi connectivity index (χ4n) is 3.35. The number of thioether (sulfide) groups is 1. The highest BCUT2D eigenvalue weighted by Gasteiger charge is 2.74. The van der Waals surface area contributed by atoms with Crippen LogP contribution in [-0.4, -0.2) is 53.3 Å². The molecule has 2 aliphatic rings. The number of β-lactam (4-membered cyclic amide) rings is 1. The molecule has 2 unspecified atom stereocenters. The van der Waals surface area contributed by atoms with Gasteiger partial charge in [0, 0.05) is 4.75 Å². The van der Waals surface area contributed by atoms with Gasteiger partial charge in [0.15, 0.2) is 10.1 Å². The molecule has 4 atom stereocenters. The number of alkyl halides is 1. The summed E-state index contributed by atoms with van der Waals surface area (Å²) in [5.74, 6) is -2.38. The Kier molecular flexibility index (Phi) is 4.29. The van der Waals surface area contributed by atoms with E-state index in [0.29, 0.717) is 5.56 Å². The SMILES string of the molecule is Cc1ccc(C(O)C(=O)C2(Br)C(=O)N3[C@@H](C(=O)O)C(C)(C)S[C@@H]32)cc1. The molecule has 25 heavy (non-hydrogen) atoms. The van der Waals surface area contributed by atoms with Gasteiger partial charge >= 0.3 is 5.97 Å². The average molecular weight is 428 g/mol. The Morgan fingerprint density at radius 2 is 1.84 bits per heavy atom. The Morgan fingerprint density at radius 1 is 1.28 bits per heavy atom. The van der Waals surface area contributed by atoms with E-state index in [2.05, 4.69) is 15.9 Å². The summed E-state index contributed by atoms with van der Waals surface area (Å²) in [6.45, 7) is 5.35. The molecule has 2 heterocycles. The van der Waals surface area contributed by atoms with Crippen molar-refractivity contribution in [1.82, 2.24) is 4.90 Å². The first kappa shape index (κ1) is 18.4. The topological polar surface area (TPSA) is 94.9 Å². The van der Waals surface area contributed by atoms with E-state index < -0.39 is 44.3 Å². The summed E-state index contributed by atoms with van der Waals surface area (Å²) in [7, 11) is 0. The lowest BCUT2D eigenvalue weighted by Crippen LogP contribution is -2.74. The Hall–Kier alpha value is -1.38. The number of hydrogen-bond acceptors (Lipinski definition) is 5. The van der Waals surface area contributed by atoms with Gasteiger partial charge in [0.1, 0.15) is 17.5 Å². The zero-order chi connectivity index (χ0) is 18.7. The summed E-state index contributed by atoms with van der Waals surface area (Å²) in [5.41, 5.74) is 1.39. The number of fused-ring (bicyclic) bond motifs is 1. The van der Waals surface area contributed by atoms with Crippen LogP contribution in [0.25, 0.3) is 0 Å². The van der Waals surface area contributed by atoms with E-state index in [0.717, 1.165) is 5.56 Å². The van der Waals surface area contributed by atoms with Crippen LogP contribution in [0.4, 0.5) is 0 Å². The Morgan fingerprint density at radius 3 is 2.36 bits per heavy atom. The molecule has 2 fully saturated rings. The third-order valence-corrected chi connectivity index (χ3v) is 7.83. The number of nitrogens with zero attached hydrogens (tertiary/aromatic N) is 1. The normalized spacial score (nSPS) is 31.2. The van der Waals surface area contributed by atoms with Crippen LogP contribution in [0.3, 0.4) is 0 Å². The largest absolute Gasteiger partial charge is 0.480 e. The zero-order valence-electron chi connectivity index (χ0n) is 13.9. The lowest BCUT2D eigenvalue weighted by atomic mass is 9.85. The van der Waals surface area contributed by atoms with Crippen LogP contribution < -0.4 is 0 Å². The van der Waals surface area contributed by atoms with Crippen molar-refractivity contribution in [3.63, 3.8) is 0 Å². The van der Waals surface area contributed by atoms with Crippen molar-refractivity contribution in [2.24, 2.45) is 0 Å². The van der Waals surface area contributed by atoms with Gasteiger partial charge in [-0.2, -0.15) is 0 Å². The first-order valence-corrected chi connectivity index (χ1v) is 9.40. The molecule has 2 N–H and O–H groups in total. The van der Waals surface area contributed by atoms with E-state index in [9.17, 15) is 24.6 Å². The molecule has 0 saturated carbocycles. The fourth-order valence-corrected chi connectivity index (χ4v) is 5.90. The van der Waals surface area contributed by atoms with Crippen LogP contribution in [-0.2, 0) is 14.4 Å². The van der Waals surface area contributed by atoms with Gasteiger partial charge in [-0.25, -0.2) is 4.79 Å². The van der Waals surface area contributed by atoms with Gasteiger partial charge in [0.2, 0.25) is 0 Å². The van der Waals surface area contributed by atoms with Crippen molar-refractivity contribution in [2.45, 2.75) is 47.4 Å². The number of aryl methyl sites for hydroxylation is 1. The molecule has 2 saturated heterocycles. The molecule has 8 heteroatoms. The summed E-state index contributed by atoms with van der Waals surface area (Å²) in [6.07, 6.45) is -1.46. The standard InChI is InChI=1S/C17H18BrNO5S/c1-8-4-6-9(7-5-8)10(20)12(21)17(18)14(24)19-11(13(22)23)16(2,3)25-15(17)19/h4-7,10-11,15,20H,1-3H3,(H,22,23)/t10?,11-,15+,17?/m0/s1. The monoisotopic (exact) mass is 427 g/mol. The lowest BCUT2D eigenvalue weighted by molar-refractivity contribution is -0.164. The molecule has 0 aromatic heterocycles. The molecular weight excluding hydrogens is 410 g/mol. The third-order valence-electron chi connectivity index (χ3n) is 4.72. The van der Waals surface area contributed by atoms with Gasteiger partial charge in [-0.1, -0.05) is 45.8 Å². The van der Waals surface area contributed by atoms with Crippen LogP contribution >= 0.6 is 27.7 Å². The summed E-state index contributed by atoms with van der Waals surface area (Å²) < 4.78 is -2.35. The first-order chi connectivity index (χ1) is 11.5. The zero-order valence-corrected chi connectivity index (χ0v) is 16.3. The van der Waals surface area contributed by atoms with Crippen LogP contribution in [0.15, 0.2) is 24.3 Å². The first-order valence-electron chi connectivity index (χ1n) is 7.73. The highest BCUT2D eigenvalue weighted by Crippen LogP contribution is 2.58. The number of aliphatic hydroxyl groups is 1. The molecule has 0 aliphatic carbocycles. The quantitative estimate of drug-likeness (QED) is 0.432. The van der Waals surface area contributed by atoms with E-state index in [1.807, 2.05) is 6.92 Å². The van der Waals surface area contributed by atoms with E-state index in [-0.39, 0.29) is 0 Å². The number of carbonyl (C=O) groups is 3. The molecule has 0 bridgehead atoms. The maximum atomic E-state index is 12.9. The second-order valence-corrected chi connectivity index (χ2v) is 9.90. The minimum absolute atomic E-state index is 0.401. The second-order valence-electron chi connectivity index (χ2n) is 6.92. The van der Waals surface area contributed by atoms with Gasteiger partial charge < -0.3 is 15.1 Å². The number of aliphatic carboxylic acids is 1. The van der Waals surface area contributed by atoms with Crippen molar-refractivity contribution in [3.05, 3.63) is 35.4 Å². The molecule has 0 radical (unpaired) electrons. The van der Waals surface area contributed by atoms with E-state index in [1.54, 1.807) is 38.1 Å². The number of carboxylic acid groups (broad SMARTS) is 1. The van der Waals surface area contributed by atoms with Gasteiger partial charge in [-0.05, 0) is 26.3 Å². The van der Waals surface area contributed by atoms with Crippen LogP contribution in [0.1, 0.15) is 31.1 Å². The minimum atomic E-state index is -1.61. The number of amides is 1. The van der Waals surface area contributed by atoms with Crippen molar-refractivity contribution in [3.8, 4) is 0 Å². The number of Topliss-reactive ketones (excluding diaryl/α,β-unsaturated/α-hetero) is 1. The van der Waals surface area contributed by atoms with Gasteiger partial charge in [0.25, 0.3) is 5.91 Å². The predicted molar refractivity (Wildman–Crippen MR) is 96.5 cm³/mol. The third kappa shape index (κ3) is 2.53. The summed E-state index contributed by atoms with van der Waals surface area (Å²) in [5, 5.41) is 19.2. The number of carbonyl (C=O) groups excluding carboxylic acids is 2. The van der Waals surface area contributed by atoms with Gasteiger partial charge in [0.05, 0.1) is 0 Å². The summed E-state index contributed by atoms with van der Waals surface area (Å²) in [6, 6.07) is 5.82. The molecule has 6 nitrogen and oxygen atoms in total. The van der Waals surface area contributed by atoms with Crippen molar-refractivity contribution < 1.29 is 24.6 Å². The molecule has 3 rings (SSSR count). The lowest BCUT2D eigenvalue weighted by Gasteiger charge is -2.49. The number of carboxylic acids is 1. The molecule has 134 valence electrons. The fraction of sp³-hybridized carbons (Fsp3) is 0.471. The predicted octanol–water partition coefficient (Wildman–Crippen LogP) is 1.88. The maximum absolute atomic E-state index is 12.9. The van der Waals surface area contributed by atoms with Crippen LogP contribution in [0.2, 0.25) is 0 Å². The van der Waals surface area contributed by atoms with Gasteiger partial charge in [-0.3, -0.25) is 9.59 Å². The summed E-state index contributed by atoms with van der Waals surface area (Å²) in [4.78, 5) is 38.3. The van der Waals surface area contributed by atoms with Crippen LogP contribution in [0, 0.1) is 6.92 Å². The Bertz CT molecular complexity index is 765. The van der Waals surface area contributed by atoms with Crippen LogP contribution in [0.5, 0.6) is 0 Å². The molecule has 1 aromatic rings. The summed E-state index contributed by atoms with van der Waals surface area (Å²) >= 11 is 4.49. The molecular formula is C17H18BrNO5S. The van der Waals surface area contributed by atoms with Gasteiger partial charge in [-0.15, -0.1) is 11.8 Å². The molecule has 1 aromatic carbocycles. The van der Waals surface area contributed by atoms with Crippen molar-refractivity contribution >= 4 is 45.4 Å². The minimum Gasteiger partial charge on any atom is -0.480 e. The van der Waals surface area contributed by atoms with E-state index >= 15 is 0 Å².